The number of benzene rings is 1. The average Bonchev–Trinajstić information content (AvgIpc) is 2.45. The topological polar surface area (TPSA) is 47.0 Å². The minimum Gasteiger partial charge on any atom is -0.475 e. The van der Waals surface area contributed by atoms with Crippen molar-refractivity contribution in [3.05, 3.63) is 42.1 Å². The Morgan fingerprint density at radius 2 is 2.14 bits per heavy atom. The van der Waals surface area contributed by atoms with Crippen molar-refractivity contribution in [2.75, 3.05) is 11.2 Å². The van der Waals surface area contributed by atoms with E-state index in [4.69, 9.17) is 16.3 Å². The molecule has 4 nitrogen and oxygen atoms in total. The van der Waals surface area contributed by atoms with Gasteiger partial charge in [0.25, 0.3) is 0 Å². The summed E-state index contributed by atoms with van der Waals surface area (Å²) in [5.74, 6) is 1.78. The molecule has 0 aliphatic rings. The lowest BCUT2D eigenvalue weighted by atomic mass is 10.1. The SMILES string of the molecule is CC(C)Oc1ccnc(Nc2cccc(CCCCl)c2)n1. The van der Waals surface area contributed by atoms with Crippen LogP contribution in [0.1, 0.15) is 25.8 Å². The third kappa shape index (κ3) is 5.23. The summed E-state index contributed by atoms with van der Waals surface area (Å²) in [6.45, 7) is 3.94. The Balaban J connectivity index is 2.07. The summed E-state index contributed by atoms with van der Waals surface area (Å²) in [5.41, 5.74) is 2.21. The fraction of sp³-hybridized carbons (Fsp3) is 0.375. The first-order valence-electron chi connectivity index (χ1n) is 7.09. The molecule has 1 N–H and O–H groups in total. The van der Waals surface area contributed by atoms with Crippen molar-refractivity contribution in [3.63, 3.8) is 0 Å². The van der Waals surface area contributed by atoms with Crippen LogP contribution in [0.3, 0.4) is 0 Å². The number of rotatable bonds is 7. The summed E-state index contributed by atoms with van der Waals surface area (Å²) in [6.07, 6.45) is 3.71. The molecule has 0 radical (unpaired) electrons. The van der Waals surface area contributed by atoms with E-state index >= 15 is 0 Å². The molecular weight excluding hydrogens is 286 g/mol. The molecule has 0 aliphatic heterocycles. The van der Waals surface area contributed by atoms with E-state index in [1.807, 2.05) is 26.0 Å². The molecule has 0 spiro atoms. The summed E-state index contributed by atoms with van der Waals surface area (Å²) < 4.78 is 5.56. The largest absolute Gasteiger partial charge is 0.475 e. The molecule has 2 rings (SSSR count). The second-order valence-electron chi connectivity index (χ2n) is 5.00. The van der Waals surface area contributed by atoms with Gasteiger partial charge in [0, 0.05) is 23.8 Å². The number of alkyl halides is 1. The lowest BCUT2D eigenvalue weighted by Crippen LogP contribution is -2.08. The van der Waals surface area contributed by atoms with Gasteiger partial charge in [0.05, 0.1) is 6.10 Å². The molecule has 21 heavy (non-hydrogen) atoms. The maximum Gasteiger partial charge on any atom is 0.230 e. The number of nitrogens with zero attached hydrogens (tertiary/aromatic N) is 2. The molecule has 2 aromatic rings. The van der Waals surface area contributed by atoms with Gasteiger partial charge in [-0.1, -0.05) is 12.1 Å². The minimum atomic E-state index is 0.0895. The Bertz CT molecular complexity index is 575. The third-order valence-electron chi connectivity index (χ3n) is 2.77. The van der Waals surface area contributed by atoms with Gasteiger partial charge < -0.3 is 10.1 Å². The van der Waals surface area contributed by atoms with E-state index in [-0.39, 0.29) is 6.10 Å². The summed E-state index contributed by atoms with van der Waals surface area (Å²) in [4.78, 5) is 8.54. The van der Waals surface area contributed by atoms with E-state index in [2.05, 4.69) is 27.4 Å². The van der Waals surface area contributed by atoms with E-state index < -0.39 is 0 Å². The number of ether oxygens (including phenoxy) is 1. The van der Waals surface area contributed by atoms with Crippen molar-refractivity contribution < 1.29 is 4.74 Å². The third-order valence-corrected chi connectivity index (χ3v) is 3.04. The molecule has 1 aromatic carbocycles. The number of aryl methyl sites for hydroxylation is 1. The molecule has 0 saturated carbocycles. The Labute approximate surface area is 130 Å². The van der Waals surface area contributed by atoms with E-state index in [1.54, 1.807) is 12.3 Å². The minimum absolute atomic E-state index is 0.0895. The van der Waals surface area contributed by atoms with Crippen molar-refractivity contribution in [1.82, 2.24) is 9.97 Å². The molecule has 112 valence electrons. The van der Waals surface area contributed by atoms with Gasteiger partial charge in [0.15, 0.2) is 0 Å². The summed E-state index contributed by atoms with van der Waals surface area (Å²) in [5, 5.41) is 3.20. The van der Waals surface area contributed by atoms with Gasteiger partial charge in [-0.05, 0) is 44.4 Å². The molecule has 0 bridgehead atoms. The normalized spacial score (nSPS) is 10.7. The smallest absolute Gasteiger partial charge is 0.230 e. The van der Waals surface area contributed by atoms with Crippen molar-refractivity contribution in [2.24, 2.45) is 0 Å². The van der Waals surface area contributed by atoms with Crippen LogP contribution in [0.5, 0.6) is 5.88 Å². The Kier molecular flexibility index (Phi) is 5.81. The lowest BCUT2D eigenvalue weighted by molar-refractivity contribution is 0.232. The molecule has 1 heterocycles. The van der Waals surface area contributed by atoms with Crippen LogP contribution in [0.15, 0.2) is 36.5 Å². The lowest BCUT2D eigenvalue weighted by Gasteiger charge is -2.10. The maximum absolute atomic E-state index is 5.73. The second-order valence-corrected chi connectivity index (χ2v) is 5.38. The Hall–Kier alpha value is -1.81. The number of halogens is 1. The highest BCUT2D eigenvalue weighted by Gasteiger charge is 2.03. The van der Waals surface area contributed by atoms with Crippen LogP contribution in [-0.2, 0) is 6.42 Å². The van der Waals surface area contributed by atoms with E-state index in [0.29, 0.717) is 17.7 Å². The summed E-state index contributed by atoms with van der Waals surface area (Å²) in [6, 6.07) is 9.94. The monoisotopic (exact) mass is 305 g/mol. The average molecular weight is 306 g/mol. The fourth-order valence-corrected chi connectivity index (χ4v) is 2.05. The molecule has 0 amide bonds. The zero-order valence-corrected chi connectivity index (χ0v) is 13.1. The predicted octanol–water partition coefficient (Wildman–Crippen LogP) is 4.18. The first-order valence-corrected chi connectivity index (χ1v) is 7.62. The van der Waals surface area contributed by atoms with Gasteiger partial charge in [0.1, 0.15) is 0 Å². The fourth-order valence-electron chi connectivity index (χ4n) is 1.91. The molecule has 0 fully saturated rings. The van der Waals surface area contributed by atoms with Crippen LogP contribution in [-0.4, -0.2) is 22.0 Å². The molecule has 5 heteroatoms. The molecule has 0 unspecified atom stereocenters. The van der Waals surface area contributed by atoms with Crippen molar-refractivity contribution in [2.45, 2.75) is 32.8 Å². The maximum atomic E-state index is 5.73. The number of hydrogen-bond acceptors (Lipinski definition) is 4. The predicted molar refractivity (Wildman–Crippen MR) is 86.6 cm³/mol. The first kappa shape index (κ1) is 15.6. The number of aromatic nitrogens is 2. The van der Waals surface area contributed by atoms with Crippen LogP contribution in [0, 0.1) is 0 Å². The second kappa shape index (κ2) is 7.84. The van der Waals surface area contributed by atoms with Crippen LogP contribution in [0.2, 0.25) is 0 Å². The molecule has 0 saturated heterocycles. The van der Waals surface area contributed by atoms with Crippen LogP contribution in [0.4, 0.5) is 11.6 Å². The number of nitrogens with one attached hydrogen (secondary N) is 1. The van der Waals surface area contributed by atoms with E-state index in [9.17, 15) is 0 Å². The summed E-state index contributed by atoms with van der Waals surface area (Å²) in [7, 11) is 0. The van der Waals surface area contributed by atoms with Crippen LogP contribution >= 0.6 is 11.6 Å². The van der Waals surface area contributed by atoms with Gasteiger partial charge >= 0.3 is 0 Å². The number of anilines is 2. The van der Waals surface area contributed by atoms with Crippen molar-refractivity contribution in [3.8, 4) is 5.88 Å². The van der Waals surface area contributed by atoms with Crippen molar-refractivity contribution in [1.29, 1.82) is 0 Å². The molecule has 1 aromatic heterocycles. The Morgan fingerprint density at radius 3 is 2.90 bits per heavy atom. The zero-order valence-electron chi connectivity index (χ0n) is 12.3. The zero-order chi connectivity index (χ0) is 15.1. The number of hydrogen-bond donors (Lipinski definition) is 1. The van der Waals surface area contributed by atoms with Crippen molar-refractivity contribution >= 4 is 23.2 Å². The summed E-state index contributed by atoms with van der Waals surface area (Å²) >= 11 is 5.73. The van der Waals surface area contributed by atoms with Gasteiger partial charge in [-0.15, -0.1) is 11.6 Å². The standard InChI is InChI=1S/C16H20ClN3O/c1-12(2)21-15-8-10-18-16(20-15)19-14-7-3-5-13(11-14)6-4-9-17/h3,5,7-8,10-12H,4,6,9H2,1-2H3,(H,18,19,20). The van der Waals surface area contributed by atoms with Gasteiger partial charge in [0.2, 0.25) is 11.8 Å². The Morgan fingerprint density at radius 1 is 1.29 bits per heavy atom. The molecule has 0 atom stereocenters. The highest BCUT2D eigenvalue weighted by atomic mass is 35.5. The van der Waals surface area contributed by atoms with Gasteiger partial charge in [-0.3, -0.25) is 0 Å². The van der Waals surface area contributed by atoms with Gasteiger partial charge in [-0.2, -0.15) is 4.98 Å². The van der Waals surface area contributed by atoms with Crippen LogP contribution < -0.4 is 10.1 Å². The quantitative estimate of drug-likeness (QED) is 0.780. The van der Waals surface area contributed by atoms with Gasteiger partial charge in [-0.25, -0.2) is 4.98 Å². The first-order chi connectivity index (χ1) is 10.2. The van der Waals surface area contributed by atoms with Crippen LogP contribution in [0.25, 0.3) is 0 Å². The highest BCUT2D eigenvalue weighted by molar-refractivity contribution is 6.17. The highest BCUT2D eigenvalue weighted by Crippen LogP contribution is 2.18. The van der Waals surface area contributed by atoms with E-state index in [1.165, 1.54) is 5.56 Å². The molecular formula is C16H20ClN3O. The van der Waals surface area contributed by atoms with E-state index in [0.717, 1.165) is 18.5 Å². The molecule has 0 aliphatic carbocycles.